The van der Waals surface area contributed by atoms with Gasteiger partial charge in [0.2, 0.25) is 0 Å². The molecule has 1 aromatic rings. The third kappa shape index (κ3) is 5.02. The third-order valence-electron chi connectivity index (χ3n) is 5.04. The van der Waals surface area contributed by atoms with Crippen molar-refractivity contribution in [1.82, 2.24) is 19.9 Å². The molecular formula is C17H24N4O5S. The number of aliphatic carboxylic acids is 1. The van der Waals surface area contributed by atoms with E-state index in [1.54, 1.807) is 0 Å². The van der Waals surface area contributed by atoms with Gasteiger partial charge in [0, 0.05) is 24.8 Å². The zero-order valence-corrected chi connectivity index (χ0v) is 15.9. The van der Waals surface area contributed by atoms with E-state index in [-0.39, 0.29) is 35.1 Å². The number of amides is 1. The van der Waals surface area contributed by atoms with Crippen molar-refractivity contribution in [3.63, 3.8) is 0 Å². The zero-order chi connectivity index (χ0) is 19.6. The molecule has 0 saturated heterocycles. The highest BCUT2D eigenvalue weighted by Crippen LogP contribution is 2.33. The van der Waals surface area contributed by atoms with Crippen molar-refractivity contribution in [1.29, 1.82) is 0 Å². The number of hydrogen-bond acceptors (Lipinski definition) is 6. The molecule has 3 N–H and O–H groups in total. The van der Waals surface area contributed by atoms with Gasteiger partial charge in [0.05, 0.1) is 12.1 Å². The first-order valence-electron chi connectivity index (χ1n) is 8.95. The van der Waals surface area contributed by atoms with Crippen LogP contribution in [0.1, 0.15) is 36.0 Å². The minimum absolute atomic E-state index is 0.0151. The molecule has 0 bridgehead atoms. The van der Waals surface area contributed by atoms with Crippen LogP contribution in [0.4, 0.5) is 0 Å². The molecule has 1 aromatic heterocycles. The molecule has 0 unspecified atom stereocenters. The van der Waals surface area contributed by atoms with Crippen molar-refractivity contribution in [2.75, 3.05) is 20.1 Å². The number of rotatable bonds is 9. The van der Waals surface area contributed by atoms with Crippen LogP contribution >= 0.6 is 0 Å². The summed E-state index contributed by atoms with van der Waals surface area (Å²) in [6.07, 6.45) is 4.99. The Hall–Kier alpha value is -2.04. The normalized spacial score (nSPS) is 22.3. The van der Waals surface area contributed by atoms with E-state index in [9.17, 15) is 18.0 Å². The first-order chi connectivity index (χ1) is 12.8. The molecule has 27 heavy (non-hydrogen) atoms. The minimum Gasteiger partial charge on any atom is -0.480 e. The van der Waals surface area contributed by atoms with Crippen molar-refractivity contribution in [3.05, 3.63) is 23.9 Å². The molecule has 0 spiro atoms. The van der Waals surface area contributed by atoms with E-state index in [2.05, 4.69) is 15.0 Å². The van der Waals surface area contributed by atoms with Crippen LogP contribution in [-0.2, 0) is 14.8 Å². The van der Waals surface area contributed by atoms with Crippen LogP contribution in [0, 0.1) is 5.92 Å². The SMILES string of the molecule is CNS(=O)(=O)c1ccc(C(=O)NC2CC(N(CC(=O)O)CC3CC3)C2)cn1. The van der Waals surface area contributed by atoms with Gasteiger partial charge in [-0.3, -0.25) is 14.5 Å². The molecule has 1 heterocycles. The summed E-state index contributed by atoms with van der Waals surface area (Å²) in [5, 5.41) is 11.8. The van der Waals surface area contributed by atoms with Crippen LogP contribution in [0.25, 0.3) is 0 Å². The number of nitrogens with zero attached hydrogens (tertiary/aromatic N) is 2. The largest absolute Gasteiger partial charge is 0.480 e. The van der Waals surface area contributed by atoms with E-state index in [4.69, 9.17) is 5.11 Å². The second kappa shape index (κ2) is 7.91. The van der Waals surface area contributed by atoms with Crippen LogP contribution in [0.3, 0.4) is 0 Å². The molecule has 2 aliphatic rings. The van der Waals surface area contributed by atoms with E-state index in [0.29, 0.717) is 18.8 Å². The number of carboxylic acids is 1. The summed E-state index contributed by atoms with van der Waals surface area (Å²) in [6.45, 7) is 0.843. The molecule has 2 aliphatic carbocycles. The maximum absolute atomic E-state index is 12.3. The predicted octanol–water partition coefficient (Wildman–Crippen LogP) is 0.0471. The van der Waals surface area contributed by atoms with Crippen molar-refractivity contribution >= 4 is 21.9 Å². The number of sulfonamides is 1. The molecule has 0 aliphatic heterocycles. The molecule has 2 saturated carbocycles. The van der Waals surface area contributed by atoms with E-state index in [0.717, 1.165) is 19.4 Å². The highest BCUT2D eigenvalue weighted by atomic mass is 32.2. The average molecular weight is 396 g/mol. The molecule has 2 fully saturated rings. The lowest BCUT2D eigenvalue weighted by molar-refractivity contribution is -0.139. The van der Waals surface area contributed by atoms with Crippen LogP contribution in [0.2, 0.25) is 0 Å². The minimum atomic E-state index is -3.64. The Kier molecular flexibility index (Phi) is 5.78. The lowest BCUT2D eigenvalue weighted by Crippen LogP contribution is -2.55. The van der Waals surface area contributed by atoms with Gasteiger partial charge in [-0.25, -0.2) is 18.1 Å². The van der Waals surface area contributed by atoms with Crippen LogP contribution in [0.5, 0.6) is 0 Å². The van der Waals surface area contributed by atoms with Gasteiger partial charge in [-0.1, -0.05) is 0 Å². The average Bonchev–Trinajstić information content (AvgIpc) is 3.40. The fraction of sp³-hybridized carbons (Fsp3) is 0.588. The van der Waals surface area contributed by atoms with Gasteiger partial charge in [0.25, 0.3) is 15.9 Å². The van der Waals surface area contributed by atoms with E-state index in [1.807, 2.05) is 4.90 Å². The molecule has 148 valence electrons. The van der Waals surface area contributed by atoms with Crippen molar-refractivity contribution in [2.24, 2.45) is 5.92 Å². The Morgan fingerprint density at radius 3 is 2.52 bits per heavy atom. The first-order valence-corrected chi connectivity index (χ1v) is 10.4. The summed E-state index contributed by atoms with van der Waals surface area (Å²) in [5.41, 5.74) is 0.286. The second-order valence-corrected chi connectivity index (χ2v) is 8.99. The van der Waals surface area contributed by atoms with E-state index < -0.39 is 16.0 Å². The van der Waals surface area contributed by atoms with Crippen molar-refractivity contribution in [3.8, 4) is 0 Å². The van der Waals surface area contributed by atoms with Crippen LogP contribution < -0.4 is 10.0 Å². The number of carbonyl (C=O) groups excluding carboxylic acids is 1. The Morgan fingerprint density at radius 2 is 2.00 bits per heavy atom. The van der Waals surface area contributed by atoms with Gasteiger partial charge >= 0.3 is 5.97 Å². The summed E-state index contributed by atoms with van der Waals surface area (Å²) >= 11 is 0. The van der Waals surface area contributed by atoms with E-state index in [1.165, 1.54) is 25.4 Å². The standard InChI is InChI=1S/C17H24N4O5S/c1-18-27(25,26)15-5-4-12(8-19-15)17(24)20-13-6-14(7-13)21(10-16(22)23)9-11-2-3-11/h4-5,8,11,13-14,18H,2-3,6-7,9-10H2,1H3,(H,20,24)(H,22,23). The van der Waals surface area contributed by atoms with Crippen LogP contribution in [-0.4, -0.2) is 67.5 Å². The van der Waals surface area contributed by atoms with Gasteiger partial charge in [0.1, 0.15) is 0 Å². The number of hydrogen-bond donors (Lipinski definition) is 3. The van der Waals surface area contributed by atoms with Crippen molar-refractivity contribution < 1.29 is 23.1 Å². The molecular weight excluding hydrogens is 372 g/mol. The number of carbonyl (C=O) groups is 2. The maximum atomic E-state index is 12.3. The summed E-state index contributed by atoms with van der Waals surface area (Å²) in [5.74, 6) is -0.534. The van der Waals surface area contributed by atoms with E-state index >= 15 is 0 Å². The second-order valence-electron chi connectivity index (χ2n) is 7.15. The Balaban J connectivity index is 1.51. The number of pyridine rings is 1. The Morgan fingerprint density at radius 1 is 1.30 bits per heavy atom. The topological polar surface area (TPSA) is 129 Å². The molecule has 0 aromatic carbocycles. The number of nitrogens with one attached hydrogen (secondary N) is 2. The molecule has 9 nitrogen and oxygen atoms in total. The lowest BCUT2D eigenvalue weighted by atomic mass is 9.85. The number of carboxylic acid groups (broad SMARTS) is 1. The molecule has 10 heteroatoms. The highest BCUT2D eigenvalue weighted by Gasteiger charge is 2.37. The quantitative estimate of drug-likeness (QED) is 0.538. The van der Waals surface area contributed by atoms with Gasteiger partial charge in [0.15, 0.2) is 5.03 Å². The smallest absolute Gasteiger partial charge is 0.317 e. The van der Waals surface area contributed by atoms with Gasteiger partial charge < -0.3 is 10.4 Å². The molecule has 0 radical (unpaired) electrons. The van der Waals surface area contributed by atoms with Gasteiger partial charge in [-0.05, 0) is 50.8 Å². The zero-order valence-electron chi connectivity index (χ0n) is 15.1. The molecule has 1 amide bonds. The summed E-state index contributed by atoms with van der Waals surface area (Å²) in [6, 6.07) is 2.87. The Labute approximate surface area is 158 Å². The van der Waals surface area contributed by atoms with Gasteiger partial charge in [-0.2, -0.15) is 0 Å². The fourth-order valence-electron chi connectivity index (χ4n) is 3.20. The predicted molar refractivity (Wildman–Crippen MR) is 96.7 cm³/mol. The monoisotopic (exact) mass is 396 g/mol. The number of aromatic nitrogens is 1. The maximum Gasteiger partial charge on any atom is 0.317 e. The van der Waals surface area contributed by atoms with Crippen LogP contribution in [0.15, 0.2) is 23.4 Å². The lowest BCUT2D eigenvalue weighted by Gasteiger charge is -2.42. The summed E-state index contributed by atoms with van der Waals surface area (Å²) in [7, 11) is -2.34. The third-order valence-corrected chi connectivity index (χ3v) is 6.36. The summed E-state index contributed by atoms with van der Waals surface area (Å²) < 4.78 is 25.5. The highest BCUT2D eigenvalue weighted by molar-refractivity contribution is 7.89. The first kappa shape index (κ1) is 19.7. The summed E-state index contributed by atoms with van der Waals surface area (Å²) in [4.78, 5) is 29.2. The molecule has 3 rings (SSSR count). The fourth-order valence-corrected chi connectivity index (χ4v) is 3.85. The molecule has 0 atom stereocenters. The van der Waals surface area contributed by atoms with Crippen molar-refractivity contribution in [2.45, 2.75) is 42.8 Å². The Bertz CT molecular complexity index is 801. The van der Waals surface area contributed by atoms with Gasteiger partial charge in [-0.15, -0.1) is 0 Å².